The van der Waals surface area contributed by atoms with Crippen LogP contribution in [0.5, 0.6) is 0 Å². The lowest BCUT2D eigenvalue weighted by molar-refractivity contribution is 0.0965. The third-order valence-corrected chi connectivity index (χ3v) is 6.83. The first kappa shape index (κ1) is 15.4. The number of nitrogens with zero attached hydrogens (tertiary/aromatic N) is 3. The van der Waals surface area contributed by atoms with Crippen LogP contribution in [0.3, 0.4) is 0 Å². The molecule has 0 aliphatic carbocycles. The van der Waals surface area contributed by atoms with Gasteiger partial charge in [-0.05, 0) is 30.4 Å². The van der Waals surface area contributed by atoms with Crippen molar-refractivity contribution in [1.82, 2.24) is 14.1 Å². The van der Waals surface area contributed by atoms with Gasteiger partial charge in [0.15, 0.2) is 10.8 Å². The van der Waals surface area contributed by atoms with Crippen LogP contribution in [0.15, 0.2) is 34.8 Å². The molecule has 0 unspecified atom stereocenters. The Kier molecular flexibility index (Phi) is 4.16. The number of carbonyl (C=O) groups is 1. The molecule has 0 amide bonds. The summed E-state index contributed by atoms with van der Waals surface area (Å²) in [4.78, 5) is 12.9. The van der Waals surface area contributed by atoms with E-state index >= 15 is 0 Å². The van der Waals surface area contributed by atoms with Gasteiger partial charge in [0.2, 0.25) is 0 Å². The minimum atomic E-state index is -3.60. The molecule has 0 spiro atoms. The number of aryl methyl sites for hydroxylation is 1. The van der Waals surface area contributed by atoms with Crippen LogP contribution in [-0.4, -0.2) is 40.9 Å². The summed E-state index contributed by atoms with van der Waals surface area (Å²) >= 11 is 1.39. The van der Waals surface area contributed by atoms with Crippen molar-refractivity contribution in [3.05, 3.63) is 34.7 Å². The van der Waals surface area contributed by atoms with Gasteiger partial charge in [-0.3, -0.25) is 9.48 Å². The standard InChI is InChI=1S/C14H17N3O3S2/c1-16-14(6-7-15-16)22(19,20)17-8-2-4-11(17)10-12(18)13-5-3-9-21-13/h3,5-7,9,11H,2,4,8,10H2,1H3/t11-/m0/s1. The fraction of sp³-hybridized carbons (Fsp3) is 0.429. The Morgan fingerprint density at radius 3 is 2.91 bits per heavy atom. The van der Waals surface area contributed by atoms with E-state index in [2.05, 4.69) is 5.10 Å². The number of Topliss-reactive ketones (excluding diaryl/α,β-unsaturated/α-hetero) is 1. The number of carbonyl (C=O) groups excluding carboxylic acids is 1. The maximum atomic E-state index is 12.8. The fourth-order valence-electron chi connectivity index (χ4n) is 2.82. The molecular formula is C14H17N3O3S2. The molecule has 3 heterocycles. The fourth-order valence-corrected chi connectivity index (χ4v) is 5.29. The maximum Gasteiger partial charge on any atom is 0.260 e. The minimum Gasteiger partial charge on any atom is -0.293 e. The van der Waals surface area contributed by atoms with Gasteiger partial charge in [0.1, 0.15) is 0 Å². The summed E-state index contributed by atoms with van der Waals surface area (Å²) in [5.41, 5.74) is 0. The summed E-state index contributed by atoms with van der Waals surface area (Å²) in [6.07, 6.45) is 3.19. The van der Waals surface area contributed by atoms with E-state index in [1.807, 2.05) is 11.4 Å². The summed E-state index contributed by atoms with van der Waals surface area (Å²) in [6.45, 7) is 0.454. The van der Waals surface area contributed by atoms with Crippen molar-refractivity contribution in [2.45, 2.75) is 30.3 Å². The molecule has 1 fully saturated rings. The molecule has 0 N–H and O–H groups in total. The van der Waals surface area contributed by atoms with Crippen LogP contribution in [0, 0.1) is 0 Å². The van der Waals surface area contributed by atoms with Crippen molar-refractivity contribution in [1.29, 1.82) is 0 Å². The van der Waals surface area contributed by atoms with E-state index < -0.39 is 10.0 Å². The molecule has 6 nitrogen and oxygen atoms in total. The zero-order chi connectivity index (χ0) is 15.7. The van der Waals surface area contributed by atoms with Crippen LogP contribution in [0.2, 0.25) is 0 Å². The number of hydrogen-bond acceptors (Lipinski definition) is 5. The lowest BCUT2D eigenvalue weighted by Gasteiger charge is -2.23. The molecular weight excluding hydrogens is 322 g/mol. The summed E-state index contributed by atoms with van der Waals surface area (Å²) in [5.74, 6) is 0.00658. The van der Waals surface area contributed by atoms with Crippen molar-refractivity contribution in [3.63, 3.8) is 0 Å². The maximum absolute atomic E-state index is 12.8. The van der Waals surface area contributed by atoms with Gasteiger partial charge < -0.3 is 0 Å². The molecule has 0 aromatic carbocycles. The SMILES string of the molecule is Cn1nccc1S(=O)(=O)N1CCC[C@H]1CC(=O)c1cccs1. The Hall–Kier alpha value is -1.51. The van der Waals surface area contributed by atoms with E-state index in [4.69, 9.17) is 0 Å². The molecule has 0 saturated carbocycles. The highest BCUT2D eigenvalue weighted by atomic mass is 32.2. The van der Waals surface area contributed by atoms with Crippen molar-refractivity contribution in [2.24, 2.45) is 7.05 Å². The molecule has 118 valence electrons. The number of ketones is 1. The first-order valence-electron chi connectivity index (χ1n) is 7.06. The molecule has 1 aliphatic heterocycles. The van der Waals surface area contributed by atoms with Gasteiger partial charge in [-0.2, -0.15) is 9.40 Å². The average Bonchev–Trinajstić information content (AvgIpc) is 3.19. The molecule has 0 radical (unpaired) electrons. The number of thiophene rings is 1. The van der Waals surface area contributed by atoms with Crippen LogP contribution in [0.1, 0.15) is 28.9 Å². The monoisotopic (exact) mass is 339 g/mol. The lowest BCUT2D eigenvalue weighted by Crippen LogP contribution is -2.37. The summed E-state index contributed by atoms with van der Waals surface area (Å²) in [5, 5.41) is 5.95. The molecule has 2 aromatic heterocycles. The zero-order valence-corrected chi connectivity index (χ0v) is 13.8. The van der Waals surface area contributed by atoms with Gasteiger partial charge in [0.05, 0.1) is 11.1 Å². The third-order valence-electron chi connectivity index (χ3n) is 3.89. The van der Waals surface area contributed by atoms with E-state index in [9.17, 15) is 13.2 Å². The molecule has 1 aliphatic rings. The Labute approximate surface area is 133 Å². The van der Waals surface area contributed by atoms with Gasteiger partial charge in [-0.1, -0.05) is 6.07 Å². The lowest BCUT2D eigenvalue weighted by atomic mass is 10.1. The average molecular weight is 339 g/mol. The Morgan fingerprint density at radius 2 is 2.27 bits per heavy atom. The van der Waals surface area contributed by atoms with E-state index in [1.54, 1.807) is 13.1 Å². The molecule has 1 saturated heterocycles. The number of rotatable bonds is 5. The Morgan fingerprint density at radius 1 is 1.45 bits per heavy atom. The van der Waals surface area contributed by atoms with Crippen molar-refractivity contribution < 1.29 is 13.2 Å². The number of sulfonamides is 1. The molecule has 1 atom stereocenters. The second kappa shape index (κ2) is 5.94. The largest absolute Gasteiger partial charge is 0.293 e. The van der Waals surface area contributed by atoms with Crippen LogP contribution < -0.4 is 0 Å². The van der Waals surface area contributed by atoms with Crippen LogP contribution in [0.25, 0.3) is 0 Å². The van der Waals surface area contributed by atoms with E-state index in [1.165, 1.54) is 32.6 Å². The second-order valence-electron chi connectivity index (χ2n) is 5.31. The van der Waals surface area contributed by atoms with Gasteiger partial charge >= 0.3 is 0 Å². The summed E-state index contributed by atoms with van der Waals surface area (Å²) in [7, 11) is -2.00. The normalized spacial score (nSPS) is 19.6. The number of hydrogen-bond donors (Lipinski definition) is 0. The Bertz CT molecular complexity index is 765. The molecule has 2 aromatic rings. The van der Waals surface area contributed by atoms with Crippen molar-refractivity contribution >= 4 is 27.1 Å². The number of aromatic nitrogens is 2. The highest BCUT2D eigenvalue weighted by Gasteiger charge is 2.37. The Balaban J connectivity index is 1.82. The molecule has 22 heavy (non-hydrogen) atoms. The van der Waals surface area contributed by atoms with Gasteiger partial charge in [0.25, 0.3) is 10.0 Å². The molecule has 0 bridgehead atoms. The first-order chi connectivity index (χ1) is 10.5. The van der Waals surface area contributed by atoms with E-state index in [0.29, 0.717) is 17.8 Å². The van der Waals surface area contributed by atoms with Crippen LogP contribution >= 0.6 is 11.3 Å². The predicted octanol–water partition coefficient (Wildman–Crippen LogP) is 1.91. The highest BCUT2D eigenvalue weighted by Crippen LogP contribution is 2.29. The molecule has 3 rings (SSSR count). The topological polar surface area (TPSA) is 72.3 Å². The van der Waals surface area contributed by atoms with E-state index in [-0.39, 0.29) is 23.3 Å². The van der Waals surface area contributed by atoms with Gasteiger partial charge in [-0.15, -0.1) is 11.3 Å². The quantitative estimate of drug-likeness (QED) is 0.780. The summed E-state index contributed by atoms with van der Waals surface area (Å²) < 4.78 is 28.3. The van der Waals surface area contributed by atoms with Crippen LogP contribution in [-0.2, 0) is 17.1 Å². The second-order valence-corrected chi connectivity index (χ2v) is 8.09. The van der Waals surface area contributed by atoms with Crippen LogP contribution in [0.4, 0.5) is 0 Å². The minimum absolute atomic E-state index is 0.00658. The summed E-state index contributed by atoms with van der Waals surface area (Å²) in [6, 6.07) is 4.83. The predicted molar refractivity (Wildman–Crippen MR) is 83.4 cm³/mol. The van der Waals surface area contributed by atoms with Crippen molar-refractivity contribution in [2.75, 3.05) is 6.54 Å². The zero-order valence-electron chi connectivity index (χ0n) is 12.2. The van der Waals surface area contributed by atoms with Gasteiger partial charge in [0, 0.05) is 26.1 Å². The third kappa shape index (κ3) is 2.73. The van der Waals surface area contributed by atoms with Gasteiger partial charge in [-0.25, -0.2) is 8.42 Å². The van der Waals surface area contributed by atoms with E-state index in [0.717, 1.165) is 6.42 Å². The smallest absolute Gasteiger partial charge is 0.260 e. The van der Waals surface area contributed by atoms with Crippen molar-refractivity contribution in [3.8, 4) is 0 Å². The highest BCUT2D eigenvalue weighted by molar-refractivity contribution is 7.89. The first-order valence-corrected chi connectivity index (χ1v) is 9.38. The molecule has 8 heteroatoms.